The van der Waals surface area contributed by atoms with Crippen molar-refractivity contribution in [2.75, 3.05) is 13.2 Å². The van der Waals surface area contributed by atoms with Crippen LogP contribution in [0.1, 0.15) is 24.8 Å². The summed E-state index contributed by atoms with van der Waals surface area (Å²) in [6.07, 6.45) is 2.92. The third kappa shape index (κ3) is 3.07. The third-order valence-corrected chi connectivity index (χ3v) is 3.43. The van der Waals surface area contributed by atoms with Crippen molar-refractivity contribution in [2.45, 2.75) is 31.7 Å². The van der Waals surface area contributed by atoms with Gasteiger partial charge in [-0.1, -0.05) is 12.1 Å². The van der Waals surface area contributed by atoms with E-state index in [-0.39, 0.29) is 24.4 Å². The van der Waals surface area contributed by atoms with E-state index >= 15 is 0 Å². The predicted octanol–water partition coefficient (Wildman–Crippen LogP) is 1.74. The van der Waals surface area contributed by atoms with Crippen LogP contribution in [0.15, 0.2) is 24.3 Å². The normalized spacial score (nSPS) is 19.2. The van der Waals surface area contributed by atoms with E-state index in [9.17, 15) is 9.18 Å². The Morgan fingerprint density at radius 2 is 2.11 bits per heavy atom. The first kappa shape index (κ1) is 13.0. The lowest BCUT2D eigenvalue weighted by Crippen LogP contribution is -2.37. The van der Waals surface area contributed by atoms with E-state index in [4.69, 9.17) is 5.11 Å². The largest absolute Gasteiger partial charge is 0.396 e. The number of hydrogen-bond donors (Lipinski definition) is 1. The lowest BCUT2D eigenvalue weighted by atomic mass is 10.1. The molecule has 1 aliphatic heterocycles. The molecule has 0 saturated carbocycles. The van der Waals surface area contributed by atoms with Gasteiger partial charge in [-0.3, -0.25) is 4.79 Å². The number of rotatable bonds is 4. The first-order valence-corrected chi connectivity index (χ1v) is 6.35. The number of benzene rings is 1. The number of carbonyl (C=O) groups is 1. The summed E-state index contributed by atoms with van der Waals surface area (Å²) in [5.41, 5.74) is 0.830. The van der Waals surface area contributed by atoms with Gasteiger partial charge >= 0.3 is 0 Å². The van der Waals surface area contributed by atoms with Crippen molar-refractivity contribution in [1.29, 1.82) is 0 Å². The van der Waals surface area contributed by atoms with Gasteiger partial charge in [0, 0.05) is 19.2 Å². The molecule has 1 N–H and O–H groups in total. The molecular formula is C14H18FNO2. The predicted molar refractivity (Wildman–Crippen MR) is 66.5 cm³/mol. The van der Waals surface area contributed by atoms with Gasteiger partial charge in [-0.25, -0.2) is 4.39 Å². The van der Waals surface area contributed by atoms with Gasteiger partial charge in [-0.15, -0.1) is 0 Å². The molecule has 1 fully saturated rings. The second kappa shape index (κ2) is 5.96. The van der Waals surface area contributed by atoms with E-state index in [0.29, 0.717) is 12.8 Å². The van der Waals surface area contributed by atoms with Gasteiger partial charge in [0.25, 0.3) is 0 Å². The molecule has 1 aromatic carbocycles. The van der Waals surface area contributed by atoms with Gasteiger partial charge in [0.1, 0.15) is 5.82 Å². The topological polar surface area (TPSA) is 40.5 Å². The zero-order chi connectivity index (χ0) is 13.0. The molecule has 1 saturated heterocycles. The standard InChI is InChI=1S/C14H18FNO2/c15-12-5-3-11(4-6-12)10-14(18)16-8-1-2-13(16)7-9-17/h3-6,13,17H,1-2,7-10H2. The zero-order valence-corrected chi connectivity index (χ0v) is 10.3. The van der Waals surface area contributed by atoms with Crippen molar-refractivity contribution < 1.29 is 14.3 Å². The average molecular weight is 251 g/mol. The van der Waals surface area contributed by atoms with E-state index < -0.39 is 0 Å². The summed E-state index contributed by atoms with van der Waals surface area (Å²) in [6, 6.07) is 6.20. The zero-order valence-electron chi connectivity index (χ0n) is 10.3. The van der Waals surface area contributed by atoms with Gasteiger partial charge in [0.2, 0.25) is 5.91 Å². The summed E-state index contributed by atoms with van der Waals surface area (Å²) >= 11 is 0. The van der Waals surface area contributed by atoms with Gasteiger partial charge in [0.15, 0.2) is 0 Å². The maximum absolute atomic E-state index is 12.8. The van der Waals surface area contributed by atoms with Crippen LogP contribution in [0.4, 0.5) is 4.39 Å². The van der Waals surface area contributed by atoms with Gasteiger partial charge < -0.3 is 10.0 Å². The second-order valence-electron chi connectivity index (χ2n) is 4.70. The third-order valence-electron chi connectivity index (χ3n) is 3.43. The van der Waals surface area contributed by atoms with Crippen LogP contribution in [-0.2, 0) is 11.2 Å². The number of aliphatic hydroxyl groups is 1. The number of halogens is 1. The summed E-state index contributed by atoms with van der Waals surface area (Å²) < 4.78 is 12.8. The maximum atomic E-state index is 12.8. The Labute approximate surface area is 106 Å². The minimum atomic E-state index is -0.287. The van der Waals surface area contributed by atoms with Crippen LogP contribution in [0.3, 0.4) is 0 Å². The molecule has 1 amide bonds. The highest BCUT2D eigenvalue weighted by Crippen LogP contribution is 2.21. The van der Waals surface area contributed by atoms with Crippen LogP contribution in [0, 0.1) is 5.82 Å². The molecular weight excluding hydrogens is 233 g/mol. The highest BCUT2D eigenvalue weighted by Gasteiger charge is 2.27. The first-order valence-electron chi connectivity index (χ1n) is 6.35. The van der Waals surface area contributed by atoms with Gasteiger partial charge in [-0.2, -0.15) is 0 Å². The molecule has 3 nitrogen and oxygen atoms in total. The molecule has 98 valence electrons. The summed E-state index contributed by atoms with van der Waals surface area (Å²) in [5.74, 6) is -0.219. The highest BCUT2D eigenvalue weighted by atomic mass is 19.1. The van der Waals surface area contributed by atoms with E-state index in [0.717, 1.165) is 24.9 Å². The number of amides is 1. The Morgan fingerprint density at radius 3 is 2.78 bits per heavy atom. The number of hydrogen-bond acceptors (Lipinski definition) is 2. The van der Waals surface area contributed by atoms with E-state index in [1.807, 2.05) is 4.90 Å². The van der Waals surface area contributed by atoms with E-state index in [1.54, 1.807) is 12.1 Å². The molecule has 1 aliphatic rings. The van der Waals surface area contributed by atoms with Crippen molar-refractivity contribution in [3.05, 3.63) is 35.6 Å². The maximum Gasteiger partial charge on any atom is 0.227 e. The van der Waals surface area contributed by atoms with Crippen LogP contribution >= 0.6 is 0 Å². The molecule has 2 rings (SSSR count). The van der Waals surface area contributed by atoms with Gasteiger partial charge in [-0.05, 0) is 37.0 Å². The molecule has 0 aromatic heterocycles. The van der Waals surface area contributed by atoms with Crippen molar-refractivity contribution in [3.8, 4) is 0 Å². The number of aliphatic hydroxyl groups excluding tert-OH is 1. The SMILES string of the molecule is O=C(Cc1ccc(F)cc1)N1CCCC1CCO. The van der Waals surface area contributed by atoms with Crippen molar-refractivity contribution in [1.82, 2.24) is 4.90 Å². The smallest absolute Gasteiger partial charge is 0.227 e. The molecule has 18 heavy (non-hydrogen) atoms. The number of likely N-dealkylation sites (tertiary alicyclic amines) is 1. The highest BCUT2D eigenvalue weighted by molar-refractivity contribution is 5.79. The lowest BCUT2D eigenvalue weighted by molar-refractivity contribution is -0.131. The lowest BCUT2D eigenvalue weighted by Gasteiger charge is -2.24. The Morgan fingerprint density at radius 1 is 1.39 bits per heavy atom. The van der Waals surface area contributed by atoms with Crippen LogP contribution in [0.5, 0.6) is 0 Å². The summed E-state index contributed by atoms with van der Waals surface area (Å²) in [6.45, 7) is 0.885. The molecule has 1 unspecified atom stereocenters. The Hall–Kier alpha value is -1.42. The van der Waals surface area contributed by atoms with Crippen LogP contribution in [0.25, 0.3) is 0 Å². The van der Waals surface area contributed by atoms with Gasteiger partial charge in [0.05, 0.1) is 6.42 Å². The minimum Gasteiger partial charge on any atom is -0.396 e. The fourth-order valence-corrected chi connectivity index (χ4v) is 2.49. The average Bonchev–Trinajstić information content (AvgIpc) is 2.81. The molecule has 1 heterocycles. The fourth-order valence-electron chi connectivity index (χ4n) is 2.49. The fraction of sp³-hybridized carbons (Fsp3) is 0.500. The molecule has 0 aliphatic carbocycles. The Kier molecular flexibility index (Phi) is 4.31. The second-order valence-corrected chi connectivity index (χ2v) is 4.70. The van der Waals surface area contributed by atoms with Crippen LogP contribution in [-0.4, -0.2) is 35.1 Å². The Bertz CT molecular complexity index is 405. The van der Waals surface area contributed by atoms with Crippen molar-refractivity contribution in [3.63, 3.8) is 0 Å². The monoisotopic (exact) mass is 251 g/mol. The Balaban J connectivity index is 1.96. The summed E-state index contributed by atoms with van der Waals surface area (Å²) in [7, 11) is 0. The van der Waals surface area contributed by atoms with E-state index in [2.05, 4.69) is 0 Å². The van der Waals surface area contributed by atoms with Crippen LogP contribution < -0.4 is 0 Å². The first-order chi connectivity index (χ1) is 8.70. The summed E-state index contributed by atoms with van der Waals surface area (Å²) in [4.78, 5) is 14.0. The molecule has 0 bridgehead atoms. The molecule has 1 aromatic rings. The molecule has 0 radical (unpaired) electrons. The molecule has 4 heteroatoms. The number of nitrogens with zero attached hydrogens (tertiary/aromatic N) is 1. The molecule has 1 atom stereocenters. The van der Waals surface area contributed by atoms with E-state index in [1.165, 1.54) is 12.1 Å². The number of carbonyl (C=O) groups excluding carboxylic acids is 1. The quantitative estimate of drug-likeness (QED) is 0.885. The summed E-state index contributed by atoms with van der Waals surface area (Å²) in [5, 5.41) is 8.97. The minimum absolute atomic E-state index is 0.0672. The van der Waals surface area contributed by atoms with Crippen LogP contribution in [0.2, 0.25) is 0 Å². The molecule has 0 spiro atoms. The van der Waals surface area contributed by atoms with Crippen molar-refractivity contribution in [2.24, 2.45) is 0 Å². The van der Waals surface area contributed by atoms with Crippen molar-refractivity contribution >= 4 is 5.91 Å².